The van der Waals surface area contributed by atoms with Gasteiger partial charge in [-0.05, 0) is 25.1 Å². The van der Waals surface area contributed by atoms with Crippen LogP contribution in [-0.2, 0) is 7.05 Å². The average Bonchev–Trinajstić information content (AvgIpc) is 3.33. The Morgan fingerprint density at radius 2 is 1.79 bits per heavy atom. The molecule has 2 heterocycles. The smallest absolute Gasteiger partial charge is 0.276 e. The minimum absolute atomic E-state index is 0.102. The van der Waals surface area contributed by atoms with Crippen molar-refractivity contribution in [2.75, 3.05) is 5.32 Å². The first kappa shape index (κ1) is 18.9. The number of carbonyl (C=O) groups is 1. The fraction of sp³-hybridized carbons (Fsp3) is 0.0952. The molecule has 0 aliphatic heterocycles. The molecule has 0 bridgehead atoms. The fourth-order valence-electron chi connectivity index (χ4n) is 3.20. The molecule has 0 aliphatic carbocycles. The van der Waals surface area contributed by atoms with Gasteiger partial charge in [-0.3, -0.25) is 9.48 Å². The van der Waals surface area contributed by atoms with Crippen LogP contribution in [0.5, 0.6) is 0 Å². The highest BCUT2D eigenvalue weighted by atomic mass is 32.1. The fourth-order valence-corrected chi connectivity index (χ4v) is 3.84. The van der Waals surface area contributed by atoms with Crippen molar-refractivity contribution in [3.8, 4) is 21.8 Å². The number of aromatic nitrogens is 3. The van der Waals surface area contributed by atoms with E-state index in [1.165, 1.54) is 17.4 Å². The molecule has 8 heteroatoms. The number of halogens is 2. The van der Waals surface area contributed by atoms with E-state index < -0.39 is 23.2 Å². The first-order chi connectivity index (χ1) is 14.0. The summed E-state index contributed by atoms with van der Waals surface area (Å²) in [5.41, 5.74) is 2.78. The van der Waals surface area contributed by atoms with Crippen molar-refractivity contribution in [2.45, 2.75) is 6.92 Å². The predicted molar refractivity (Wildman–Crippen MR) is 109 cm³/mol. The lowest BCUT2D eigenvalue weighted by atomic mass is 10.0. The number of para-hydroxylation sites is 1. The molecule has 1 N–H and O–H groups in total. The molecule has 4 aromatic rings. The van der Waals surface area contributed by atoms with Gasteiger partial charge in [0.2, 0.25) is 0 Å². The van der Waals surface area contributed by atoms with Gasteiger partial charge in [-0.1, -0.05) is 24.3 Å². The van der Waals surface area contributed by atoms with E-state index in [-0.39, 0.29) is 5.69 Å². The summed E-state index contributed by atoms with van der Waals surface area (Å²) in [7, 11) is 1.72. The lowest BCUT2D eigenvalue weighted by Crippen LogP contribution is -2.16. The first-order valence-corrected chi connectivity index (χ1v) is 9.63. The number of hydrogen-bond donors (Lipinski definition) is 1. The molecule has 0 spiro atoms. The zero-order valence-corrected chi connectivity index (χ0v) is 16.4. The molecule has 0 fully saturated rings. The van der Waals surface area contributed by atoms with Gasteiger partial charge in [-0.2, -0.15) is 5.10 Å². The number of benzene rings is 2. The topological polar surface area (TPSA) is 59.8 Å². The van der Waals surface area contributed by atoms with Crippen LogP contribution >= 0.6 is 11.3 Å². The highest BCUT2D eigenvalue weighted by Gasteiger charge is 2.22. The highest BCUT2D eigenvalue weighted by molar-refractivity contribution is 7.13. The Bertz CT molecular complexity index is 1180. The summed E-state index contributed by atoms with van der Waals surface area (Å²) in [5.74, 6) is -2.36. The van der Waals surface area contributed by atoms with Crippen molar-refractivity contribution >= 4 is 22.9 Å². The summed E-state index contributed by atoms with van der Waals surface area (Å²) < 4.78 is 29.3. The van der Waals surface area contributed by atoms with E-state index in [2.05, 4.69) is 15.4 Å². The molecular formula is C21H16F2N4OS. The van der Waals surface area contributed by atoms with Crippen LogP contribution in [0.1, 0.15) is 16.1 Å². The second kappa shape index (κ2) is 7.56. The number of nitrogens with zero attached hydrogens (tertiary/aromatic N) is 3. The van der Waals surface area contributed by atoms with Crippen molar-refractivity contribution in [2.24, 2.45) is 7.05 Å². The third-order valence-corrected chi connectivity index (χ3v) is 5.34. The third kappa shape index (κ3) is 3.54. The van der Waals surface area contributed by atoms with Crippen molar-refractivity contribution in [1.82, 2.24) is 14.8 Å². The maximum atomic E-state index is 13.9. The van der Waals surface area contributed by atoms with Gasteiger partial charge in [0, 0.05) is 35.3 Å². The van der Waals surface area contributed by atoms with E-state index in [0.29, 0.717) is 5.56 Å². The van der Waals surface area contributed by atoms with E-state index >= 15 is 0 Å². The predicted octanol–water partition coefficient (Wildman–Crippen LogP) is 5.05. The Hall–Kier alpha value is -3.39. The van der Waals surface area contributed by atoms with Crippen LogP contribution in [0, 0.1) is 18.6 Å². The molecule has 4 rings (SSSR count). The maximum Gasteiger partial charge on any atom is 0.276 e. The molecule has 146 valence electrons. The van der Waals surface area contributed by atoms with Crippen LogP contribution in [-0.4, -0.2) is 20.7 Å². The summed E-state index contributed by atoms with van der Waals surface area (Å²) in [4.78, 5) is 17.0. The quantitative estimate of drug-likeness (QED) is 0.512. The van der Waals surface area contributed by atoms with Crippen LogP contribution in [0.25, 0.3) is 21.8 Å². The normalized spacial score (nSPS) is 10.9. The number of anilines is 1. The molecule has 0 saturated heterocycles. The minimum atomic E-state index is -0.844. The van der Waals surface area contributed by atoms with Gasteiger partial charge in [-0.25, -0.2) is 13.8 Å². The molecule has 2 aromatic carbocycles. The summed E-state index contributed by atoms with van der Waals surface area (Å²) in [6.07, 6.45) is 1.74. The Labute approximate surface area is 169 Å². The molecule has 29 heavy (non-hydrogen) atoms. The van der Waals surface area contributed by atoms with Gasteiger partial charge in [0.25, 0.3) is 5.91 Å². The number of aryl methyl sites for hydroxylation is 1. The van der Waals surface area contributed by atoms with E-state index in [1.807, 2.05) is 29.6 Å². The van der Waals surface area contributed by atoms with Crippen molar-refractivity contribution < 1.29 is 13.6 Å². The second-order valence-electron chi connectivity index (χ2n) is 6.41. The van der Waals surface area contributed by atoms with Crippen LogP contribution in [0.2, 0.25) is 0 Å². The molecule has 0 radical (unpaired) electrons. The van der Waals surface area contributed by atoms with Crippen molar-refractivity contribution in [3.63, 3.8) is 0 Å². The molecule has 5 nitrogen and oxygen atoms in total. The largest absolute Gasteiger partial charge is 0.316 e. The van der Waals surface area contributed by atoms with Gasteiger partial charge >= 0.3 is 0 Å². The first-order valence-electron chi connectivity index (χ1n) is 8.75. The summed E-state index contributed by atoms with van der Waals surface area (Å²) in [6.45, 7) is 1.75. The molecule has 0 aliphatic rings. The van der Waals surface area contributed by atoms with E-state index in [4.69, 9.17) is 0 Å². The number of nitrogens with one attached hydrogen (secondary N) is 1. The van der Waals surface area contributed by atoms with Crippen molar-refractivity contribution in [3.05, 3.63) is 76.9 Å². The van der Waals surface area contributed by atoms with Crippen LogP contribution < -0.4 is 5.32 Å². The molecule has 0 saturated carbocycles. The number of carbonyl (C=O) groups excluding carboxylic acids is 1. The zero-order valence-electron chi connectivity index (χ0n) is 15.6. The van der Waals surface area contributed by atoms with Gasteiger partial charge in [0.05, 0.1) is 5.69 Å². The van der Waals surface area contributed by atoms with Crippen molar-refractivity contribution in [1.29, 1.82) is 0 Å². The Morgan fingerprint density at radius 3 is 2.48 bits per heavy atom. The van der Waals surface area contributed by atoms with Gasteiger partial charge in [-0.15, -0.1) is 11.3 Å². The van der Waals surface area contributed by atoms with Gasteiger partial charge < -0.3 is 5.32 Å². The van der Waals surface area contributed by atoms with E-state index in [0.717, 1.165) is 34.0 Å². The van der Waals surface area contributed by atoms with E-state index in [1.54, 1.807) is 24.9 Å². The van der Waals surface area contributed by atoms with Crippen LogP contribution in [0.15, 0.2) is 54.0 Å². The Kier molecular flexibility index (Phi) is 4.94. The Balaban J connectivity index is 1.70. The lowest BCUT2D eigenvalue weighted by molar-refractivity contribution is 0.102. The number of rotatable bonds is 4. The average molecular weight is 410 g/mol. The summed E-state index contributed by atoms with van der Waals surface area (Å²) in [6, 6.07) is 11.2. The van der Waals surface area contributed by atoms with Crippen LogP contribution in [0.3, 0.4) is 0 Å². The van der Waals surface area contributed by atoms with Gasteiger partial charge in [0.1, 0.15) is 22.3 Å². The third-order valence-electron chi connectivity index (χ3n) is 4.52. The second-order valence-corrected chi connectivity index (χ2v) is 7.31. The number of thiazole rings is 1. The molecule has 1 amide bonds. The number of hydrogen-bond acceptors (Lipinski definition) is 4. The Morgan fingerprint density at radius 1 is 1.10 bits per heavy atom. The molecule has 2 aromatic heterocycles. The van der Waals surface area contributed by atoms with Gasteiger partial charge in [0.15, 0.2) is 5.69 Å². The summed E-state index contributed by atoms with van der Waals surface area (Å²) in [5, 5.41) is 9.36. The molecule has 0 atom stereocenters. The number of amides is 1. The zero-order chi connectivity index (χ0) is 20.5. The van der Waals surface area contributed by atoms with Crippen LogP contribution in [0.4, 0.5) is 14.5 Å². The monoisotopic (exact) mass is 410 g/mol. The molecule has 0 unspecified atom stereocenters. The SMILES string of the molecule is Cc1c(C(=O)Nc2c(F)cccc2F)nn(C)c1-c1cccc(-c2nccs2)c1. The molecular weight excluding hydrogens is 394 g/mol. The van der Waals surface area contributed by atoms with E-state index in [9.17, 15) is 13.6 Å². The minimum Gasteiger partial charge on any atom is -0.316 e. The maximum absolute atomic E-state index is 13.9. The summed E-state index contributed by atoms with van der Waals surface area (Å²) >= 11 is 1.53. The lowest BCUT2D eigenvalue weighted by Gasteiger charge is -2.07. The highest BCUT2D eigenvalue weighted by Crippen LogP contribution is 2.30. The standard InChI is InChI=1S/C21H16F2N4OS/c1-12-17(20(28)25-18-15(22)7-4-8-16(18)23)26-27(2)19(12)13-5-3-6-14(11-13)21-24-9-10-29-21/h3-11H,1-2H3,(H,25,28).